The van der Waals surface area contributed by atoms with E-state index in [1.54, 1.807) is 32.2 Å². The molecule has 6 nitrogen and oxygen atoms in total. The van der Waals surface area contributed by atoms with E-state index in [0.29, 0.717) is 6.54 Å². The number of hydrogen-bond donors (Lipinski definition) is 1. The maximum Gasteiger partial charge on any atom is 0.261 e. The number of rotatable bonds is 4. The molecular weight excluding hydrogens is 324 g/mol. The van der Waals surface area contributed by atoms with Gasteiger partial charge in [0.15, 0.2) is 0 Å². The van der Waals surface area contributed by atoms with Crippen LogP contribution in [0.4, 0.5) is 0 Å². The number of likely N-dealkylation sites (tertiary alicyclic amines) is 1. The highest BCUT2D eigenvalue weighted by molar-refractivity contribution is 7.20. The summed E-state index contributed by atoms with van der Waals surface area (Å²) in [6.07, 6.45) is 2.71. The molecule has 0 aliphatic carbocycles. The first-order valence-corrected chi connectivity index (χ1v) is 8.85. The number of amides is 2. The number of fused-ring (bicyclic) bond motifs is 1. The van der Waals surface area contributed by atoms with Crippen molar-refractivity contribution in [2.75, 3.05) is 40.8 Å². The molecule has 2 amide bonds. The summed E-state index contributed by atoms with van der Waals surface area (Å²) in [5.41, 5.74) is 1.09. The van der Waals surface area contributed by atoms with Crippen LogP contribution in [-0.4, -0.2) is 67.4 Å². The zero-order valence-electron chi connectivity index (χ0n) is 14.2. The van der Waals surface area contributed by atoms with Crippen molar-refractivity contribution in [2.24, 2.45) is 0 Å². The lowest BCUT2D eigenvalue weighted by Crippen LogP contribution is -2.35. The molecule has 0 unspecified atom stereocenters. The number of thiophene rings is 1. The Morgan fingerprint density at radius 1 is 1.46 bits per heavy atom. The van der Waals surface area contributed by atoms with Crippen LogP contribution >= 0.6 is 11.3 Å². The second-order valence-electron chi connectivity index (χ2n) is 6.29. The van der Waals surface area contributed by atoms with Crippen molar-refractivity contribution in [3.8, 4) is 0 Å². The minimum atomic E-state index is -0.0594. The molecule has 0 bridgehead atoms. The van der Waals surface area contributed by atoms with Gasteiger partial charge in [0.1, 0.15) is 4.83 Å². The first kappa shape index (κ1) is 16.9. The summed E-state index contributed by atoms with van der Waals surface area (Å²) in [6, 6.07) is 3.95. The van der Waals surface area contributed by atoms with Gasteiger partial charge in [0, 0.05) is 45.2 Å². The summed E-state index contributed by atoms with van der Waals surface area (Å²) in [7, 11) is 5.20. The lowest BCUT2D eigenvalue weighted by molar-refractivity contribution is -0.129. The Morgan fingerprint density at radius 2 is 2.25 bits per heavy atom. The van der Waals surface area contributed by atoms with E-state index in [0.717, 1.165) is 40.2 Å². The topological polar surface area (TPSA) is 65.5 Å². The van der Waals surface area contributed by atoms with Crippen molar-refractivity contribution in [3.05, 3.63) is 28.8 Å². The first-order chi connectivity index (χ1) is 11.5. The largest absolute Gasteiger partial charge is 0.354 e. The van der Waals surface area contributed by atoms with Crippen molar-refractivity contribution in [2.45, 2.75) is 12.3 Å². The maximum absolute atomic E-state index is 12.3. The molecule has 1 saturated heterocycles. The maximum atomic E-state index is 12.3. The van der Waals surface area contributed by atoms with Crippen LogP contribution in [0.3, 0.4) is 0 Å². The number of carbonyl (C=O) groups is 2. The van der Waals surface area contributed by atoms with E-state index < -0.39 is 0 Å². The molecule has 3 heterocycles. The molecule has 2 aromatic rings. The number of aromatic nitrogens is 1. The highest BCUT2D eigenvalue weighted by atomic mass is 32.1. The summed E-state index contributed by atoms with van der Waals surface area (Å²) in [5, 5.41) is 3.80. The molecule has 128 valence electrons. The van der Waals surface area contributed by atoms with Crippen molar-refractivity contribution in [3.63, 3.8) is 0 Å². The van der Waals surface area contributed by atoms with E-state index >= 15 is 0 Å². The average molecular weight is 346 g/mol. The van der Waals surface area contributed by atoms with Crippen LogP contribution < -0.4 is 5.32 Å². The Labute approximate surface area is 145 Å². The molecule has 0 saturated carbocycles. The summed E-state index contributed by atoms with van der Waals surface area (Å²) in [5.74, 6) is 0.306. The molecule has 0 radical (unpaired) electrons. The van der Waals surface area contributed by atoms with Crippen LogP contribution in [0, 0.1) is 0 Å². The molecule has 1 fully saturated rings. The van der Waals surface area contributed by atoms with E-state index in [2.05, 4.69) is 15.2 Å². The zero-order valence-corrected chi connectivity index (χ0v) is 15.0. The number of carbonyl (C=O) groups excluding carboxylic acids is 2. The Morgan fingerprint density at radius 3 is 2.96 bits per heavy atom. The third kappa shape index (κ3) is 3.14. The van der Waals surface area contributed by atoms with Gasteiger partial charge >= 0.3 is 0 Å². The molecule has 0 aromatic carbocycles. The van der Waals surface area contributed by atoms with Gasteiger partial charge in [-0.25, -0.2) is 4.98 Å². The van der Waals surface area contributed by atoms with Gasteiger partial charge in [-0.1, -0.05) is 6.07 Å². The van der Waals surface area contributed by atoms with Gasteiger partial charge in [-0.2, -0.15) is 0 Å². The Balaban J connectivity index is 1.89. The predicted molar refractivity (Wildman–Crippen MR) is 95.5 cm³/mol. The molecule has 0 spiro atoms. The first-order valence-electron chi connectivity index (χ1n) is 8.03. The molecular formula is C17H22N4O2S. The second-order valence-corrected chi connectivity index (χ2v) is 7.29. The van der Waals surface area contributed by atoms with Gasteiger partial charge in [0.2, 0.25) is 5.91 Å². The summed E-state index contributed by atoms with van der Waals surface area (Å²) in [4.78, 5) is 34.1. The standard InChI is InChI=1S/C17H22N4O2S/c1-18-16(23)15-14(12-5-4-7-19-17(12)24-15)11-6-8-21(9-11)10-13(22)20(2)3/h4-5,7,11H,6,8-10H2,1-3H3,(H,18,23)/t11-/m0/s1. The van der Waals surface area contributed by atoms with Gasteiger partial charge in [0.05, 0.1) is 11.4 Å². The number of hydrogen-bond acceptors (Lipinski definition) is 5. The van der Waals surface area contributed by atoms with Crippen LogP contribution in [-0.2, 0) is 4.79 Å². The highest BCUT2D eigenvalue weighted by Crippen LogP contribution is 2.39. The number of nitrogens with one attached hydrogen (secondary N) is 1. The molecule has 1 aliphatic heterocycles. The molecule has 1 atom stereocenters. The molecule has 1 aliphatic rings. The van der Waals surface area contributed by atoms with Gasteiger partial charge in [-0.3, -0.25) is 14.5 Å². The van der Waals surface area contributed by atoms with E-state index in [9.17, 15) is 9.59 Å². The number of pyridine rings is 1. The van der Waals surface area contributed by atoms with Crippen LogP contribution in [0.2, 0.25) is 0 Å². The van der Waals surface area contributed by atoms with E-state index in [1.807, 2.05) is 12.1 Å². The normalized spacial score (nSPS) is 18.0. The molecule has 3 rings (SSSR count). The van der Waals surface area contributed by atoms with Crippen molar-refractivity contribution in [1.82, 2.24) is 20.1 Å². The van der Waals surface area contributed by atoms with E-state index in [4.69, 9.17) is 0 Å². The fourth-order valence-corrected chi connectivity index (χ4v) is 4.36. The second kappa shape index (κ2) is 6.86. The fourth-order valence-electron chi connectivity index (χ4n) is 3.18. The van der Waals surface area contributed by atoms with Crippen molar-refractivity contribution < 1.29 is 9.59 Å². The van der Waals surface area contributed by atoms with E-state index in [-0.39, 0.29) is 17.7 Å². The number of likely N-dealkylation sites (N-methyl/N-ethyl adjacent to an activating group) is 1. The van der Waals surface area contributed by atoms with Gasteiger partial charge in [-0.05, 0) is 24.6 Å². The van der Waals surface area contributed by atoms with Gasteiger partial charge in [-0.15, -0.1) is 11.3 Å². The van der Waals surface area contributed by atoms with Crippen LogP contribution in [0.25, 0.3) is 10.2 Å². The van der Waals surface area contributed by atoms with Gasteiger partial charge in [0.25, 0.3) is 5.91 Å². The minimum Gasteiger partial charge on any atom is -0.354 e. The zero-order chi connectivity index (χ0) is 17.3. The van der Waals surface area contributed by atoms with Gasteiger partial charge < -0.3 is 10.2 Å². The van der Waals surface area contributed by atoms with Crippen molar-refractivity contribution in [1.29, 1.82) is 0 Å². The van der Waals surface area contributed by atoms with Crippen LogP contribution in [0.1, 0.15) is 27.6 Å². The molecule has 2 aromatic heterocycles. The average Bonchev–Trinajstić information content (AvgIpc) is 3.17. The Hall–Kier alpha value is -1.99. The van der Waals surface area contributed by atoms with Crippen molar-refractivity contribution >= 4 is 33.4 Å². The molecule has 1 N–H and O–H groups in total. The predicted octanol–water partition coefficient (Wildman–Crippen LogP) is 1.53. The monoisotopic (exact) mass is 346 g/mol. The smallest absolute Gasteiger partial charge is 0.261 e. The Bertz CT molecular complexity index is 771. The number of nitrogens with zero attached hydrogens (tertiary/aromatic N) is 3. The summed E-state index contributed by atoms with van der Waals surface area (Å²) in [6.45, 7) is 2.10. The van der Waals surface area contributed by atoms with Crippen LogP contribution in [0.15, 0.2) is 18.3 Å². The van der Waals surface area contributed by atoms with E-state index in [1.165, 1.54) is 11.3 Å². The summed E-state index contributed by atoms with van der Waals surface area (Å²) < 4.78 is 0. The fraction of sp³-hybridized carbons (Fsp3) is 0.471. The third-order valence-corrected chi connectivity index (χ3v) is 5.60. The molecule has 7 heteroatoms. The molecule has 24 heavy (non-hydrogen) atoms. The van der Waals surface area contributed by atoms with Crippen LogP contribution in [0.5, 0.6) is 0 Å². The Kier molecular flexibility index (Phi) is 4.82. The highest BCUT2D eigenvalue weighted by Gasteiger charge is 2.31. The quantitative estimate of drug-likeness (QED) is 0.912. The third-order valence-electron chi connectivity index (χ3n) is 4.48. The minimum absolute atomic E-state index is 0.0594. The summed E-state index contributed by atoms with van der Waals surface area (Å²) >= 11 is 1.45. The lowest BCUT2D eigenvalue weighted by atomic mass is 9.95. The lowest BCUT2D eigenvalue weighted by Gasteiger charge is -2.18. The SMILES string of the molecule is CNC(=O)c1sc2ncccc2c1[C@H]1CCN(CC(=O)N(C)C)C1.